The third-order valence-corrected chi connectivity index (χ3v) is 5.68. The van der Waals surface area contributed by atoms with Crippen molar-refractivity contribution in [3.05, 3.63) is 65.2 Å². The van der Waals surface area contributed by atoms with Crippen molar-refractivity contribution in [3.63, 3.8) is 0 Å². The molecule has 4 rings (SSSR count). The van der Waals surface area contributed by atoms with Gasteiger partial charge in [-0.25, -0.2) is 9.78 Å². The van der Waals surface area contributed by atoms with Crippen molar-refractivity contribution in [3.8, 4) is 11.3 Å². The number of carbonyl (C=O) groups excluding carboxylic acids is 2. The van der Waals surface area contributed by atoms with Gasteiger partial charge >= 0.3 is 5.97 Å². The second-order valence-corrected chi connectivity index (χ2v) is 8.05. The van der Waals surface area contributed by atoms with Gasteiger partial charge in [0.25, 0.3) is 5.91 Å². The lowest BCUT2D eigenvalue weighted by Crippen LogP contribution is -2.40. The molecule has 0 unspecified atom stereocenters. The average Bonchev–Trinajstić information content (AvgIpc) is 3.26. The van der Waals surface area contributed by atoms with Gasteiger partial charge < -0.3 is 10.1 Å². The third-order valence-electron chi connectivity index (χ3n) is 5.43. The Balaban J connectivity index is 1.60. The Morgan fingerprint density at radius 2 is 1.80 bits per heavy atom. The molecule has 3 aromatic rings. The molecule has 1 aromatic heterocycles. The number of hydrogen-bond donors (Lipinski definition) is 1. The van der Waals surface area contributed by atoms with Crippen molar-refractivity contribution in [2.75, 3.05) is 0 Å². The van der Waals surface area contributed by atoms with Gasteiger partial charge in [-0.3, -0.25) is 4.79 Å². The van der Waals surface area contributed by atoms with Gasteiger partial charge in [-0.15, -0.1) is 0 Å². The summed E-state index contributed by atoms with van der Waals surface area (Å²) in [6, 6.07) is 16.5. The molecule has 1 fully saturated rings. The van der Waals surface area contributed by atoms with Crippen LogP contribution in [0.25, 0.3) is 22.2 Å². The molecule has 1 saturated carbocycles. The van der Waals surface area contributed by atoms with E-state index in [9.17, 15) is 9.59 Å². The van der Waals surface area contributed by atoms with Gasteiger partial charge in [-0.1, -0.05) is 54.8 Å². The molecule has 2 aromatic carbocycles. The Hall–Kier alpha value is -2.92. The molecule has 1 N–H and O–H groups in total. The van der Waals surface area contributed by atoms with Crippen LogP contribution < -0.4 is 5.32 Å². The first-order valence-electron chi connectivity index (χ1n) is 10.2. The Bertz CT molecular complexity index is 1080. The number of pyridine rings is 1. The van der Waals surface area contributed by atoms with Gasteiger partial charge in [0.1, 0.15) is 0 Å². The number of carbonyl (C=O) groups is 2. The number of fused-ring (bicyclic) bond motifs is 1. The standard InChI is InChI=1S/C24H23ClN2O3/c1-15(23(28)26-18-6-2-3-7-18)30-24(29)20-14-22(16-10-12-17(25)13-11-16)27-21-9-5-4-8-19(20)21/h4-5,8-15,18H,2-3,6-7H2,1H3,(H,26,28)/t15-/m0/s1. The Labute approximate surface area is 180 Å². The lowest BCUT2D eigenvalue weighted by atomic mass is 10.0. The minimum atomic E-state index is -0.871. The maximum atomic E-state index is 13.0. The Morgan fingerprint density at radius 1 is 1.10 bits per heavy atom. The van der Waals surface area contributed by atoms with Crippen molar-refractivity contribution in [2.24, 2.45) is 0 Å². The van der Waals surface area contributed by atoms with E-state index in [1.165, 1.54) is 0 Å². The fourth-order valence-electron chi connectivity index (χ4n) is 3.78. The maximum Gasteiger partial charge on any atom is 0.339 e. The number of halogens is 1. The summed E-state index contributed by atoms with van der Waals surface area (Å²) in [6.45, 7) is 1.60. The number of aromatic nitrogens is 1. The monoisotopic (exact) mass is 422 g/mol. The highest BCUT2D eigenvalue weighted by Gasteiger charge is 2.24. The first kappa shape index (κ1) is 20.4. The van der Waals surface area contributed by atoms with Crippen LogP contribution >= 0.6 is 11.6 Å². The Kier molecular flexibility index (Phi) is 6.00. The topological polar surface area (TPSA) is 68.3 Å². The minimum absolute atomic E-state index is 0.178. The van der Waals surface area contributed by atoms with E-state index in [2.05, 4.69) is 10.3 Å². The maximum absolute atomic E-state index is 13.0. The molecule has 6 heteroatoms. The molecule has 0 bridgehead atoms. The number of hydrogen-bond acceptors (Lipinski definition) is 4. The van der Waals surface area contributed by atoms with Crippen LogP contribution in [0.3, 0.4) is 0 Å². The van der Waals surface area contributed by atoms with Gasteiger partial charge in [-0.2, -0.15) is 0 Å². The summed E-state index contributed by atoms with van der Waals surface area (Å²) in [4.78, 5) is 30.1. The summed E-state index contributed by atoms with van der Waals surface area (Å²) >= 11 is 5.99. The number of ether oxygens (including phenoxy) is 1. The van der Waals surface area contributed by atoms with Crippen LogP contribution in [0.5, 0.6) is 0 Å². The third kappa shape index (κ3) is 4.46. The summed E-state index contributed by atoms with van der Waals surface area (Å²) in [5.41, 5.74) is 2.54. The summed E-state index contributed by atoms with van der Waals surface area (Å²) in [5, 5.41) is 4.28. The molecule has 1 amide bonds. The van der Waals surface area contributed by atoms with Crippen molar-refractivity contribution in [2.45, 2.75) is 44.8 Å². The van der Waals surface area contributed by atoms with E-state index in [0.717, 1.165) is 31.2 Å². The molecule has 1 aliphatic rings. The number of esters is 1. The fourth-order valence-corrected chi connectivity index (χ4v) is 3.91. The molecule has 1 atom stereocenters. The quantitative estimate of drug-likeness (QED) is 0.576. The van der Waals surface area contributed by atoms with Gasteiger partial charge in [0.15, 0.2) is 6.10 Å². The van der Waals surface area contributed by atoms with Crippen LogP contribution in [0.15, 0.2) is 54.6 Å². The van der Waals surface area contributed by atoms with Gasteiger partial charge in [0, 0.05) is 22.0 Å². The van der Waals surface area contributed by atoms with E-state index in [1.54, 1.807) is 25.1 Å². The molecule has 0 aliphatic heterocycles. The zero-order valence-electron chi connectivity index (χ0n) is 16.7. The Morgan fingerprint density at radius 3 is 2.53 bits per heavy atom. The molecule has 0 radical (unpaired) electrons. The second-order valence-electron chi connectivity index (χ2n) is 7.62. The molecule has 1 heterocycles. The van der Waals surface area contributed by atoms with E-state index in [4.69, 9.17) is 16.3 Å². The molecule has 5 nitrogen and oxygen atoms in total. The normalized spacial score (nSPS) is 15.1. The predicted molar refractivity (Wildman–Crippen MR) is 117 cm³/mol. The molecular formula is C24H23ClN2O3. The molecule has 1 aliphatic carbocycles. The lowest BCUT2D eigenvalue weighted by Gasteiger charge is -2.18. The summed E-state index contributed by atoms with van der Waals surface area (Å²) in [7, 11) is 0. The number of amides is 1. The van der Waals surface area contributed by atoms with E-state index >= 15 is 0 Å². The summed E-state index contributed by atoms with van der Waals surface area (Å²) in [6.07, 6.45) is 3.33. The number of para-hydroxylation sites is 1. The smallest absolute Gasteiger partial charge is 0.339 e. The number of benzene rings is 2. The van der Waals surface area contributed by atoms with Gasteiger partial charge in [-0.05, 0) is 44.0 Å². The fraction of sp³-hybridized carbons (Fsp3) is 0.292. The summed E-state index contributed by atoms with van der Waals surface area (Å²) < 4.78 is 5.53. The number of rotatable bonds is 5. The van der Waals surface area contributed by atoms with E-state index in [1.807, 2.05) is 36.4 Å². The SMILES string of the molecule is C[C@H](OC(=O)c1cc(-c2ccc(Cl)cc2)nc2ccccc12)C(=O)NC1CCCC1. The minimum Gasteiger partial charge on any atom is -0.449 e. The lowest BCUT2D eigenvalue weighted by molar-refractivity contribution is -0.129. The van der Waals surface area contributed by atoms with Crippen LogP contribution in [0.2, 0.25) is 5.02 Å². The first-order chi connectivity index (χ1) is 14.5. The highest BCUT2D eigenvalue weighted by molar-refractivity contribution is 6.30. The number of nitrogens with zero attached hydrogens (tertiary/aromatic N) is 1. The predicted octanol–water partition coefficient (Wildman–Crippen LogP) is 5.16. The van der Waals surface area contributed by atoms with Crippen LogP contribution in [0, 0.1) is 0 Å². The van der Waals surface area contributed by atoms with Crippen LogP contribution in [0.4, 0.5) is 0 Å². The second kappa shape index (κ2) is 8.84. The average molecular weight is 423 g/mol. The first-order valence-corrected chi connectivity index (χ1v) is 10.6. The van der Waals surface area contributed by atoms with Gasteiger partial charge in [0.2, 0.25) is 0 Å². The largest absolute Gasteiger partial charge is 0.449 e. The van der Waals surface area contributed by atoms with Gasteiger partial charge in [0.05, 0.1) is 16.8 Å². The van der Waals surface area contributed by atoms with Crippen LogP contribution in [0.1, 0.15) is 43.0 Å². The van der Waals surface area contributed by atoms with E-state index in [-0.39, 0.29) is 11.9 Å². The van der Waals surface area contributed by atoms with Crippen LogP contribution in [-0.2, 0) is 9.53 Å². The van der Waals surface area contributed by atoms with Crippen molar-refractivity contribution >= 4 is 34.4 Å². The molecule has 30 heavy (non-hydrogen) atoms. The molecule has 154 valence electrons. The summed E-state index contributed by atoms with van der Waals surface area (Å²) in [5.74, 6) is -0.801. The van der Waals surface area contributed by atoms with E-state index in [0.29, 0.717) is 27.2 Å². The molecular weight excluding hydrogens is 400 g/mol. The van der Waals surface area contributed by atoms with Crippen molar-refractivity contribution in [1.82, 2.24) is 10.3 Å². The molecule has 0 spiro atoms. The number of nitrogens with one attached hydrogen (secondary N) is 1. The van der Waals surface area contributed by atoms with E-state index < -0.39 is 12.1 Å². The zero-order valence-corrected chi connectivity index (χ0v) is 17.5. The highest BCUT2D eigenvalue weighted by Crippen LogP contribution is 2.27. The zero-order chi connectivity index (χ0) is 21.1. The van der Waals surface area contributed by atoms with Crippen molar-refractivity contribution < 1.29 is 14.3 Å². The molecule has 0 saturated heterocycles. The highest BCUT2D eigenvalue weighted by atomic mass is 35.5. The van der Waals surface area contributed by atoms with Crippen molar-refractivity contribution in [1.29, 1.82) is 0 Å². The van der Waals surface area contributed by atoms with Crippen LogP contribution in [-0.4, -0.2) is 29.0 Å².